The molecule has 4 rings (SSSR count). The van der Waals surface area contributed by atoms with E-state index in [9.17, 15) is 9.90 Å². The van der Waals surface area contributed by atoms with E-state index in [2.05, 4.69) is 13.8 Å². The molecule has 3 saturated carbocycles. The van der Waals surface area contributed by atoms with E-state index in [0.717, 1.165) is 37.0 Å². The van der Waals surface area contributed by atoms with Crippen LogP contribution in [-0.2, 0) is 4.79 Å². The fraction of sp³-hybridized carbons (Fsp3) is 0.850. The van der Waals surface area contributed by atoms with Gasteiger partial charge in [-0.1, -0.05) is 19.4 Å². The highest BCUT2D eigenvalue weighted by Gasteiger charge is 2.58. The van der Waals surface area contributed by atoms with Crippen molar-refractivity contribution in [1.29, 1.82) is 0 Å². The van der Waals surface area contributed by atoms with Gasteiger partial charge in [-0.15, -0.1) is 0 Å². The fourth-order valence-electron chi connectivity index (χ4n) is 6.97. The number of fused-ring (bicyclic) bond motifs is 5. The van der Waals surface area contributed by atoms with Crippen molar-refractivity contribution >= 4 is 5.78 Å². The Balaban J connectivity index is 1.67. The number of carbonyl (C=O) groups is 1. The van der Waals surface area contributed by atoms with Crippen LogP contribution < -0.4 is 0 Å². The van der Waals surface area contributed by atoms with Crippen LogP contribution in [-0.4, -0.2) is 17.5 Å². The lowest BCUT2D eigenvalue weighted by Crippen LogP contribution is -2.50. The number of ketones is 1. The van der Waals surface area contributed by atoms with Gasteiger partial charge in [-0.05, 0) is 85.5 Å². The largest absolute Gasteiger partial charge is 0.396 e. The molecule has 0 aliphatic heterocycles. The quantitative estimate of drug-likeness (QED) is 0.791. The van der Waals surface area contributed by atoms with Gasteiger partial charge in [0.25, 0.3) is 0 Å². The van der Waals surface area contributed by atoms with Crippen LogP contribution in [0.1, 0.15) is 65.2 Å². The Morgan fingerprint density at radius 3 is 2.68 bits per heavy atom. The fourth-order valence-corrected chi connectivity index (χ4v) is 6.97. The molecule has 122 valence electrons. The van der Waals surface area contributed by atoms with E-state index in [0.29, 0.717) is 23.7 Å². The lowest BCUT2D eigenvalue weighted by Gasteiger charge is -2.58. The molecule has 0 aromatic rings. The summed E-state index contributed by atoms with van der Waals surface area (Å²) in [5, 5.41) is 9.79. The topological polar surface area (TPSA) is 37.3 Å². The first-order valence-electron chi connectivity index (χ1n) is 9.34. The van der Waals surface area contributed by atoms with Crippen molar-refractivity contribution in [2.45, 2.75) is 65.2 Å². The summed E-state index contributed by atoms with van der Waals surface area (Å²) in [5.74, 6) is 3.28. The molecule has 2 nitrogen and oxygen atoms in total. The Morgan fingerprint density at radius 2 is 1.91 bits per heavy atom. The van der Waals surface area contributed by atoms with Crippen LogP contribution in [0.15, 0.2) is 11.6 Å². The molecule has 4 aliphatic carbocycles. The van der Waals surface area contributed by atoms with Crippen molar-refractivity contribution in [1.82, 2.24) is 0 Å². The molecule has 1 N–H and O–H groups in total. The maximum Gasteiger partial charge on any atom is 0.155 e. The van der Waals surface area contributed by atoms with Crippen LogP contribution >= 0.6 is 0 Å². The summed E-state index contributed by atoms with van der Waals surface area (Å²) in [4.78, 5) is 11.8. The molecule has 22 heavy (non-hydrogen) atoms. The Bertz CT molecular complexity index is 522. The zero-order valence-electron chi connectivity index (χ0n) is 14.1. The minimum atomic E-state index is 0.287. The molecule has 0 aromatic heterocycles. The number of aliphatic hydroxyl groups is 1. The van der Waals surface area contributed by atoms with Gasteiger partial charge in [0, 0.05) is 13.0 Å². The van der Waals surface area contributed by atoms with Gasteiger partial charge in [-0.25, -0.2) is 0 Å². The number of rotatable bonds is 1. The number of hydrogen-bond donors (Lipinski definition) is 1. The van der Waals surface area contributed by atoms with Gasteiger partial charge in [0.05, 0.1) is 0 Å². The molecule has 0 radical (unpaired) electrons. The first-order valence-corrected chi connectivity index (χ1v) is 9.34. The minimum Gasteiger partial charge on any atom is -0.396 e. The summed E-state index contributed by atoms with van der Waals surface area (Å²) in [6.07, 6.45) is 11.4. The van der Waals surface area contributed by atoms with E-state index in [1.54, 1.807) is 0 Å². The van der Waals surface area contributed by atoms with Crippen LogP contribution in [0.25, 0.3) is 0 Å². The van der Waals surface area contributed by atoms with Gasteiger partial charge < -0.3 is 5.11 Å². The summed E-state index contributed by atoms with van der Waals surface area (Å²) >= 11 is 0. The van der Waals surface area contributed by atoms with Gasteiger partial charge in [0.15, 0.2) is 5.78 Å². The van der Waals surface area contributed by atoms with Crippen molar-refractivity contribution < 1.29 is 9.90 Å². The maximum absolute atomic E-state index is 11.8. The third kappa shape index (κ3) is 1.85. The second-order valence-corrected chi connectivity index (χ2v) is 8.97. The summed E-state index contributed by atoms with van der Waals surface area (Å²) in [5.41, 5.74) is 2.12. The number of allylic oxidation sites excluding steroid dienone is 1. The second kappa shape index (κ2) is 4.93. The molecular weight excluding hydrogens is 272 g/mol. The van der Waals surface area contributed by atoms with E-state index >= 15 is 0 Å². The summed E-state index contributed by atoms with van der Waals surface area (Å²) in [7, 11) is 0. The Morgan fingerprint density at radius 1 is 1.09 bits per heavy atom. The summed E-state index contributed by atoms with van der Waals surface area (Å²) < 4.78 is 0. The lowest BCUT2D eigenvalue weighted by molar-refractivity contribution is -0.117. The molecule has 4 aliphatic rings. The monoisotopic (exact) mass is 302 g/mol. The SMILES string of the molecule is C[C@]12CC[C@H]3[C@@H](CCC4=CC(=O)CC[C@@]43C)[C@H]1CC[C@H]2CO. The summed E-state index contributed by atoms with van der Waals surface area (Å²) in [6, 6.07) is 0. The molecule has 3 fully saturated rings. The first kappa shape index (κ1) is 14.9. The first-order chi connectivity index (χ1) is 10.5. The van der Waals surface area contributed by atoms with Crippen LogP contribution in [0, 0.1) is 34.5 Å². The highest BCUT2D eigenvalue weighted by Crippen LogP contribution is 2.66. The molecule has 0 saturated heterocycles. The highest BCUT2D eigenvalue weighted by molar-refractivity contribution is 5.91. The molecule has 0 unspecified atom stereocenters. The molecule has 6 atom stereocenters. The second-order valence-electron chi connectivity index (χ2n) is 8.97. The van der Waals surface area contributed by atoms with E-state index < -0.39 is 0 Å². The van der Waals surface area contributed by atoms with Crippen molar-refractivity contribution in [3.63, 3.8) is 0 Å². The van der Waals surface area contributed by atoms with Crippen LogP contribution in [0.3, 0.4) is 0 Å². The Kier molecular flexibility index (Phi) is 3.35. The number of carbonyl (C=O) groups excluding carboxylic acids is 1. The van der Waals surface area contributed by atoms with Crippen molar-refractivity contribution in [2.75, 3.05) is 6.61 Å². The lowest BCUT2D eigenvalue weighted by atomic mass is 9.47. The predicted octanol–water partition coefficient (Wildman–Crippen LogP) is 4.13. The van der Waals surface area contributed by atoms with E-state index in [1.165, 1.54) is 37.7 Å². The van der Waals surface area contributed by atoms with Gasteiger partial charge in [0.2, 0.25) is 0 Å². The van der Waals surface area contributed by atoms with Crippen molar-refractivity contribution in [3.05, 3.63) is 11.6 Å². The molecular formula is C20H30O2. The van der Waals surface area contributed by atoms with E-state index in [1.807, 2.05) is 6.08 Å². The molecule has 0 aromatic carbocycles. The third-order valence-electron chi connectivity index (χ3n) is 8.38. The van der Waals surface area contributed by atoms with Gasteiger partial charge >= 0.3 is 0 Å². The summed E-state index contributed by atoms with van der Waals surface area (Å²) in [6.45, 7) is 5.28. The number of aliphatic hydroxyl groups excluding tert-OH is 1. The highest BCUT2D eigenvalue weighted by atomic mass is 16.3. The maximum atomic E-state index is 11.8. The average molecular weight is 302 g/mol. The zero-order valence-corrected chi connectivity index (χ0v) is 14.1. The van der Waals surface area contributed by atoms with Crippen LogP contribution in [0.4, 0.5) is 0 Å². The molecule has 0 bridgehead atoms. The zero-order chi connectivity index (χ0) is 15.5. The molecule has 0 spiro atoms. The van der Waals surface area contributed by atoms with Crippen LogP contribution in [0.5, 0.6) is 0 Å². The average Bonchev–Trinajstić information content (AvgIpc) is 2.84. The van der Waals surface area contributed by atoms with E-state index in [-0.39, 0.29) is 5.41 Å². The van der Waals surface area contributed by atoms with Gasteiger partial charge in [-0.2, -0.15) is 0 Å². The van der Waals surface area contributed by atoms with E-state index in [4.69, 9.17) is 0 Å². The third-order valence-corrected chi connectivity index (χ3v) is 8.38. The standard InChI is InChI=1S/C20H30O2/c1-19-9-7-15(22)11-13(19)3-5-16-17-6-4-14(12-21)20(17,2)10-8-18(16)19/h11,14,16-18,21H,3-10,12H2,1-2H3/t14-,16-,17+,18-,19-,20+/m0/s1. The van der Waals surface area contributed by atoms with Gasteiger partial charge in [0.1, 0.15) is 0 Å². The number of hydrogen-bond acceptors (Lipinski definition) is 2. The van der Waals surface area contributed by atoms with Crippen molar-refractivity contribution in [3.8, 4) is 0 Å². The van der Waals surface area contributed by atoms with Crippen LogP contribution in [0.2, 0.25) is 0 Å². The minimum absolute atomic E-state index is 0.287. The molecule has 0 heterocycles. The molecule has 2 heteroatoms. The normalized spacial score (nSPS) is 50.9. The Hall–Kier alpha value is -0.630. The molecule has 0 amide bonds. The Labute approximate surface area is 134 Å². The van der Waals surface area contributed by atoms with Gasteiger partial charge in [-0.3, -0.25) is 4.79 Å². The smallest absolute Gasteiger partial charge is 0.155 e. The van der Waals surface area contributed by atoms with Crippen molar-refractivity contribution in [2.24, 2.45) is 34.5 Å². The predicted molar refractivity (Wildman–Crippen MR) is 87.3 cm³/mol.